The molecule has 1 spiro atoms. The van der Waals surface area contributed by atoms with Crippen molar-refractivity contribution in [2.24, 2.45) is 16.7 Å². The van der Waals surface area contributed by atoms with Crippen LogP contribution in [0.2, 0.25) is 0 Å². The summed E-state index contributed by atoms with van der Waals surface area (Å²) < 4.78 is 6.74. The fourth-order valence-electron chi connectivity index (χ4n) is 5.42. The Kier molecular flexibility index (Phi) is 3.12. The number of hydrogen-bond donors (Lipinski definition) is 0. The van der Waals surface area contributed by atoms with E-state index < -0.39 is 0 Å². The quantitative estimate of drug-likeness (QED) is 0.583. The first-order valence-corrected chi connectivity index (χ1v) is 8.41. The summed E-state index contributed by atoms with van der Waals surface area (Å²) in [4.78, 5) is 0. The molecule has 0 aromatic rings. The predicted octanol–water partition coefficient (Wildman–Crippen LogP) is 5.44. The average Bonchev–Trinajstić information content (AvgIpc) is 2.76. The van der Waals surface area contributed by atoms with Crippen molar-refractivity contribution in [3.63, 3.8) is 0 Å². The molecule has 2 fully saturated rings. The third-order valence-corrected chi connectivity index (χ3v) is 6.79. The van der Waals surface area contributed by atoms with E-state index >= 15 is 0 Å². The molecular weight excluding hydrogens is 256 g/mol. The molecule has 0 aromatic heterocycles. The van der Waals surface area contributed by atoms with Gasteiger partial charge in [-0.05, 0) is 49.5 Å². The first-order chi connectivity index (χ1) is 9.69. The Labute approximate surface area is 130 Å². The van der Waals surface area contributed by atoms with Gasteiger partial charge in [-0.2, -0.15) is 0 Å². The SMILES string of the molecule is C=CC1(C)CCC2(O1)C(=C)C=CC1C(C)(C)CCCC12C. The van der Waals surface area contributed by atoms with Gasteiger partial charge in [-0.1, -0.05) is 52.0 Å². The normalized spacial score (nSPS) is 48.4. The highest BCUT2D eigenvalue weighted by Gasteiger charge is 2.63. The van der Waals surface area contributed by atoms with Gasteiger partial charge in [0, 0.05) is 5.41 Å². The van der Waals surface area contributed by atoms with E-state index in [9.17, 15) is 0 Å². The maximum Gasteiger partial charge on any atom is 0.0997 e. The van der Waals surface area contributed by atoms with Gasteiger partial charge in [0.05, 0.1) is 11.2 Å². The zero-order chi connectivity index (χ0) is 15.5. The second-order valence-electron chi connectivity index (χ2n) is 8.57. The van der Waals surface area contributed by atoms with Crippen LogP contribution in [0.1, 0.15) is 59.8 Å². The molecule has 1 saturated carbocycles. The molecule has 3 rings (SSSR count). The lowest BCUT2D eigenvalue weighted by Crippen LogP contribution is -2.58. The summed E-state index contributed by atoms with van der Waals surface area (Å²) in [6.45, 7) is 17.8. The molecule has 1 heterocycles. The van der Waals surface area contributed by atoms with Gasteiger partial charge < -0.3 is 4.74 Å². The van der Waals surface area contributed by atoms with Crippen molar-refractivity contribution in [2.45, 2.75) is 71.0 Å². The summed E-state index contributed by atoms with van der Waals surface area (Å²) >= 11 is 0. The summed E-state index contributed by atoms with van der Waals surface area (Å²) in [7, 11) is 0. The Morgan fingerprint density at radius 3 is 2.48 bits per heavy atom. The maximum atomic E-state index is 6.74. The highest BCUT2D eigenvalue weighted by atomic mass is 16.5. The zero-order valence-corrected chi connectivity index (χ0v) is 14.2. The molecule has 0 N–H and O–H groups in total. The molecule has 0 radical (unpaired) electrons. The minimum atomic E-state index is -0.205. The molecule has 1 nitrogen and oxygen atoms in total. The first-order valence-electron chi connectivity index (χ1n) is 8.41. The van der Waals surface area contributed by atoms with Gasteiger partial charge in [0.15, 0.2) is 0 Å². The van der Waals surface area contributed by atoms with Crippen LogP contribution in [0.15, 0.2) is 37.0 Å². The van der Waals surface area contributed by atoms with Crippen LogP contribution in [0.25, 0.3) is 0 Å². The molecule has 3 aliphatic rings. The van der Waals surface area contributed by atoms with Crippen LogP contribution in [0, 0.1) is 16.7 Å². The highest BCUT2D eigenvalue weighted by molar-refractivity contribution is 5.39. The van der Waals surface area contributed by atoms with Gasteiger partial charge in [0.1, 0.15) is 0 Å². The van der Waals surface area contributed by atoms with Crippen molar-refractivity contribution in [1.82, 2.24) is 0 Å². The van der Waals surface area contributed by atoms with Gasteiger partial charge in [0.25, 0.3) is 0 Å². The van der Waals surface area contributed by atoms with Crippen molar-refractivity contribution >= 4 is 0 Å². The lowest BCUT2D eigenvalue weighted by Gasteiger charge is -2.60. The van der Waals surface area contributed by atoms with Crippen molar-refractivity contribution in [3.8, 4) is 0 Å². The summed E-state index contributed by atoms with van der Waals surface area (Å²) in [5, 5.41) is 0. The van der Waals surface area contributed by atoms with Gasteiger partial charge in [-0.15, -0.1) is 6.58 Å². The molecule has 0 amide bonds. The van der Waals surface area contributed by atoms with E-state index in [0.29, 0.717) is 11.3 Å². The van der Waals surface area contributed by atoms with Crippen LogP contribution in [-0.4, -0.2) is 11.2 Å². The Morgan fingerprint density at radius 1 is 1.14 bits per heavy atom. The summed E-state index contributed by atoms with van der Waals surface area (Å²) in [5.41, 5.74) is 1.26. The van der Waals surface area contributed by atoms with Crippen LogP contribution in [0.4, 0.5) is 0 Å². The third kappa shape index (κ3) is 1.86. The molecule has 21 heavy (non-hydrogen) atoms. The highest BCUT2D eigenvalue weighted by Crippen LogP contribution is 2.65. The van der Waals surface area contributed by atoms with E-state index in [1.54, 1.807) is 0 Å². The van der Waals surface area contributed by atoms with E-state index in [2.05, 4.69) is 53.0 Å². The molecule has 4 unspecified atom stereocenters. The standard InChI is InChI=1S/C20H30O/c1-7-18(5)13-14-20(21-18)15(2)9-10-16-17(3,4)11-8-12-19(16,20)6/h7,9-10,16H,1-2,8,11-14H2,3-6H3. The predicted molar refractivity (Wildman–Crippen MR) is 89.2 cm³/mol. The largest absolute Gasteiger partial charge is 0.359 e. The first kappa shape index (κ1) is 15.1. The average molecular weight is 286 g/mol. The van der Waals surface area contributed by atoms with Crippen LogP contribution in [-0.2, 0) is 4.74 Å². The van der Waals surface area contributed by atoms with Gasteiger partial charge in [-0.25, -0.2) is 0 Å². The number of ether oxygens (including phenoxy) is 1. The van der Waals surface area contributed by atoms with Crippen LogP contribution >= 0.6 is 0 Å². The van der Waals surface area contributed by atoms with Crippen molar-refractivity contribution in [3.05, 3.63) is 37.0 Å². The van der Waals surface area contributed by atoms with E-state index in [1.807, 2.05) is 6.08 Å². The fourth-order valence-corrected chi connectivity index (χ4v) is 5.42. The molecule has 1 aliphatic heterocycles. The van der Waals surface area contributed by atoms with Gasteiger partial charge >= 0.3 is 0 Å². The topological polar surface area (TPSA) is 9.23 Å². The number of allylic oxidation sites excluding steroid dienone is 1. The van der Waals surface area contributed by atoms with Crippen LogP contribution < -0.4 is 0 Å². The third-order valence-electron chi connectivity index (χ3n) is 6.79. The van der Waals surface area contributed by atoms with E-state index in [0.717, 1.165) is 12.8 Å². The molecule has 1 saturated heterocycles. The lowest BCUT2D eigenvalue weighted by atomic mass is 9.47. The van der Waals surface area contributed by atoms with Crippen LogP contribution in [0.3, 0.4) is 0 Å². The molecular formula is C20H30O. The van der Waals surface area contributed by atoms with Crippen molar-refractivity contribution in [1.29, 1.82) is 0 Å². The second kappa shape index (κ2) is 4.35. The summed E-state index contributed by atoms with van der Waals surface area (Å²) in [6.07, 6.45) is 12.6. The van der Waals surface area contributed by atoms with Crippen LogP contribution in [0.5, 0.6) is 0 Å². The number of fused-ring (bicyclic) bond motifs is 2. The maximum absolute atomic E-state index is 6.74. The zero-order valence-electron chi connectivity index (χ0n) is 14.2. The molecule has 0 aromatic carbocycles. The Balaban J connectivity index is 2.11. The van der Waals surface area contributed by atoms with Crippen molar-refractivity contribution in [2.75, 3.05) is 0 Å². The molecule has 2 aliphatic carbocycles. The molecule has 0 bridgehead atoms. The Hall–Kier alpha value is -0.820. The van der Waals surface area contributed by atoms with E-state index in [-0.39, 0.29) is 16.6 Å². The van der Waals surface area contributed by atoms with Gasteiger partial charge in [0.2, 0.25) is 0 Å². The Morgan fingerprint density at radius 2 is 1.86 bits per heavy atom. The monoisotopic (exact) mass is 286 g/mol. The molecule has 116 valence electrons. The molecule has 4 atom stereocenters. The number of hydrogen-bond acceptors (Lipinski definition) is 1. The summed E-state index contributed by atoms with van der Waals surface area (Å²) in [6, 6.07) is 0. The van der Waals surface area contributed by atoms with Crippen molar-refractivity contribution < 1.29 is 4.74 Å². The van der Waals surface area contributed by atoms with E-state index in [4.69, 9.17) is 4.74 Å². The smallest absolute Gasteiger partial charge is 0.0997 e. The Bertz CT molecular complexity index is 514. The minimum Gasteiger partial charge on any atom is -0.359 e. The van der Waals surface area contributed by atoms with E-state index in [1.165, 1.54) is 24.8 Å². The minimum absolute atomic E-state index is 0.154. The second-order valence-corrected chi connectivity index (χ2v) is 8.57. The number of rotatable bonds is 1. The van der Waals surface area contributed by atoms with Gasteiger partial charge in [-0.3, -0.25) is 0 Å². The fraction of sp³-hybridized carbons (Fsp3) is 0.700. The summed E-state index contributed by atoms with van der Waals surface area (Å²) in [5.74, 6) is 0.566. The molecule has 1 heteroatoms. The lowest BCUT2D eigenvalue weighted by molar-refractivity contribution is -0.163.